The molecule has 62 heavy (non-hydrogen) atoms. The second-order valence-electron chi connectivity index (χ2n) is 18.9. The summed E-state index contributed by atoms with van der Waals surface area (Å²) >= 11 is 0. The first kappa shape index (κ1) is 57.9. The second kappa shape index (κ2) is 25.2. The van der Waals surface area contributed by atoms with Gasteiger partial charge in [0.15, 0.2) is 5.78 Å². The standard InChI is InChI=1S/C47H76N2O11.2Ac/c1-10-11-12-13-14-15-16-17-18-19-20-21-22-23-24-25-26-49(9)43(55)60-39(32(4)48-33(5)50)42(54)59-34-28-47(57)31(3)40-45(8,35(51)27-36-46(40,56)29-58-36)41(53)38(52)37(30(34)2)44(47,6)7;;/h14-15,17-18,31-32,34-36,38-40,51-52,56-57H,10-13,16,19-29H2,1-9H3,(H,48,50);;/b15-14-,18-17-;;/t31-,32-,34-,35-,36+,38+,39+,40-,45+,46-,47+;;/m0../s1. The Kier molecular flexibility index (Phi) is 23.6. The van der Waals surface area contributed by atoms with E-state index in [0.29, 0.717) is 12.1 Å². The van der Waals surface area contributed by atoms with Gasteiger partial charge in [0.25, 0.3) is 0 Å². The van der Waals surface area contributed by atoms with Crippen LogP contribution in [0.2, 0.25) is 0 Å². The molecular formula is C47H76Ac2N2O11. The predicted molar refractivity (Wildman–Crippen MR) is 229 cm³/mol. The van der Waals surface area contributed by atoms with Gasteiger partial charge in [0, 0.05) is 133 Å². The van der Waals surface area contributed by atoms with Crippen molar-refractivity contribution in [2.24, 2.45) is 22.7 Å². The zero-order valence-corrected chi connectivity index (χ0v) is 48.5. The van der Waals surface area contributed by atoms with Crippen molar-refractivity contribution in [1.82, 2.24) is 10.2 Å². The first-order valence-corrected chi connectivity index (χ1v) is 22.6. The van der Waals surface area contributed by atoms with E-state index in [2.05, 4.69) is 36.5 Å². The zero-order valence-electron chi connectivity index (χ0n) is 39.0. The van der Waals surface area contributed by atoms with Gasteiger partial charge in [-0.15, -0.1) is 0 Å². The molecule has 0 aromatic carbocycles. The van der Waals surface area contributed by atoms with Crippen LogP contribution in [-0.2, 0) is 28.6 Å². The number of amides is 2. The molecule has 1 aliphatic heterocycles. The molecule has 2 radical (unpaired) electrons. The van der Waals surface area contributed by atoms with Crippen molar-refractivity contribution in [2.45, 2.75) is 193 Å². The monoisotopic (exact) mass is 1300 g/mol. The van der Waals surface area contributed by atoms with Crippen molar-refractivity contribution in [1.29, 1.82) is 0 Å². The van der Waals surface area contributed by atoms with E-state index in [0.717, 1.165) is 57.8 Å². The minimum atomic E-state index is -1.80. The normalized spacial score (nSPS) is 32.2. The Morgan fingerprint density at radius 3 is 2.10 bits per heavy atom. The number of aliphatic hydroxyl groups excluding tert-OH is 2. The van der Waals surface area contributed by atoms with E-state index in [-0.39, 0.29) is 113 Å². The number of hydrogen-bond acceptors (Lipinski definition) is 11. The van der Waals surface area contributed by atoms with Gasteiger partial charge in [-0.3, -0.25) is 9.59 Å². The number of ketones is 1. The van der Waals surface area contributed by atoms with Crippen LogP contribution >= 0.6 is 0 Å². The fourth-order valence-corrected chi connectivity index (χ4v) is 10.7. The van der Waals surface area contributed by atoms with Gasteiger partial charge in [-0.05, 0) is 76.4 Å². The molecule has 0 aromatic rings. The van der Waals surface area contributed by atoms with Crippen LogP contribution in [0.1, 0.15) is 145 Å². The molecule has 0 unspecified atom stereocenters. The summed E-state index contributed by atoms with van der Waals surface area (Å²) in [4.78, 5) is 55.4. The average molecular weight is 1300 g/mol. The number of Topliss-reactive ketones (excluding diaryl/α,β-unsaturated/α-hetero) is 1. The molecule has 0 spiro atoms. The summed E-state index contributed by atoms with van der Waals surface area (Å²) in [5.41, 5.74) is -5.73. The number of nitrogens with zero attached hydrogens (tertiary/aromatic N) is 1. The van der Waals surface area contributed by atoms with Gasteiger partial charge in [-0.1, -0.05) is 90.5 Å². The molecule has 15 heteroatoms. The molecule has 3 aliphatic carbocycles. The van der Waals surface area contributed by atoms with Gasteiger partial charge >= 0.3 is 12.1 Å². The molecule has 4 rings (SSSR count). The van der Waals surface area contributed by atoms with Crippen LogP contribution in [-0.4, -0.2) is 117 Å². The summed E-state index contributed by atoms with van der Waals surface area (Å²) in [6.07, 6.45) is 14.6. The number of fused-ring (bicyclic) bond motifs is 5. The molecule has 2 amide bonds. The molecule has 1 saturated heterocycles. The molecule has 11 atom stereocenters. The van der Waals surface area contributed by atoms with E-state index >= 15 is 0 Å². The molecule has 2 bridgehead atoms. The molecule has 0 aromatic heterocycles. The van der Waals surface area contributed by atoms with Crippen molar-refractivity contribution < 1.29 is 142 Å². The number of carbonyl (C=O) groups excluding carboxylic acids is 4. The Balaban J connectivity index is 0.00000661. The van der Waals surface area contributed by atoms with E-state index in [1.807, 2.05) is 0 Å². The Labute approximate surface area is 442 Å². The molecule has 5 N–H and O–H groups in total. The summed E-state index contributed by atoms with van der Waals surface area (Å²) in [5, 5.41) is 50.8. The van der Waals surface area contributed by atoms with Crippen LogP contribution in [0.3, 0.4) is 0 Å². The first-order chi connectivity index (χ1) is 28.2. The Hall–Kier alpha value is -0.217. The number of allylic oxidation sites excluding steroid dienone is 4. The van der Waals surface area contributed by atoms with Crippen LogP contribution in [0.15, 0.2) is 35.5 Å². The maximum Gasteiger partial charge on any atom is 0.410 e. The Bertz CT molecular complexity index is 1620. The second-order valence-corrected chi connectivity index (χ2v) is 18.9. The van der Waals surface area contributed by atoms with E-state index in [4.69, 9.17) is 14.2 Å². The van der Waals surface area contributed by atoms with Crippen molar-refractivity contribution in [3.63, 3.8) is 0 Å². The van der Waals surface area contributed by atoms with Gasteiger partial charge in [0.05, 0.1) is 35.9 Å². The number of nitrogens with one attached hydrogen (secondary N) is 1. The topological polar surface area (TPSA) is 192 Å². The summed E-state index contributed by atoms with van der Waals surface area (Å²) in [5.74, 6) is -4.03. The summed E-state index contributed by atoms with van der Waals surface area (Å²) in [7, 11) is 1.59. The van der Waals surface area contributed by atoms with Crippen molar-refractivity contribution in [2.75, 3.05) is 20.2 Å². The SMILES string of the molecule is CCCCC/C=C\C/C=C\CCCCCCCCN(C)C(=O)O[C@@H](C(=O)O[C@H]1C[C@@]2(O)[C@@H](C)[C@@H]3[C@]4(O)CO[C@@H]4C[C@H](O)[C@@]3(C)C(=O)[C@H](O)C(=C1C)C2(C)C)[C@H](C)NC(C)=O.[Ac].[Ac]. The number of hydrogen-bond donors (Lipinski definition) is 5. The number of unbranched alkanes of at least 4 members (excludes halogenated alkanes) is 9. The maximum atomic E-state index is 14.4. The number of aliphatic hydroxyl groups is 4. The fraction of sp³-hybridized carbons (Fsp3) is 0.787. The van der Waals surface area contributed by atoms with Crippen molar-refractivity contribution >= 4 is 23.8 Å². The zero-order chi connectivity index (χ0) is 44.6. The van der Waals surface area contributed by atoms with Crippen LogP contribution in [0.5, 0.6) is 0 Å². The summed E-state index contributed by atoms with van der Waals surface area (Å²) in [6, 6.07) is -0.990. The van der Waals surface area contributed by atoms with Gasteiger partial charge < -0.3 is 44.9 Å². The molecule has 346 valence electrons. The quantitative estimate of drug-likeness (QED) is 0.0527. The van der Waals surface area contributed by atoms with Crippen LogP contribution in [0.4, 0.5) is 4.79 Å². The third-order valence-electron chi connectivity index (χ3n) is 14.5. The molecular weight excluding hydrogens is 1220 g/mol. The van der Waals surface area contributed by atoms with Gasteiger partial charge in [0.2, 0.25) is 12.0 Å². The van der Waals surface area contributed by atoms with E-state index < -0.39 is 94.2 Å². The largest absolute Gasteiger partial charge is 0.455 e. The number of carbonyl (C=O) groups is 4. The number of rotatable bonds is 20. The predicted octanol–water partition coefficient (Wildman–Crippen LogP) is 6.25. The molecule has 2 saturated carbocycles. The maximum absolute atomic E-state index is 14.4. The minimum absolute atomic E-state index is 0. The molecule has 1 heterocycles. The summed E-state index contributed by atoms with van der Waals surface area (Å²) < 4.78 is 17.4. The minimum Gasteiger partial charge on any atom is -0.455 e. The third kappa shape index (κ3) is 12.7. The molecule has 4 aliphatic rings. The number of ether oxygens (including phenoxy) is 3. The van der Waals surface area contributed by atoms with E-state index in [1.54, 1.807) is 34.7 Å². The fourth-order valence-electron chi connectivity index (χ4n) is 10.7. The summed E-state index contributed by atoms with van der Waals surface area (Å²) in [6.45, 7) is 13.6. The Morgan fingerprint density at radius 1 is 0.952 bits per heavy atom. The van der Waals surface area contributed by atoms with Gasteiger partial charge in [-0.25, -0.2) is 9.59 Å². The van der Waals surface area contributed by atoms with Gasteiger partial charge in [-0.2, -0.15) is 0 Å². The van der Waals surface area contributed by atoms with Gasteiger partial charge in [0.1, 0.15) is 17.8 Å². The molecule has 3 fully saturated rings. The van der Waals surface area contributed by atoms with Crippen LogP contribution < -0.4 is 5.32 Å². The van der Waals surface area contributed by atoms with Crippen molar-refractivity contribution in [3.05, 3.63) is 35.5 Å². The van der Waals surface area contributed by atoms with E-state index in [1.165, 1.54) is 44.9 Å². The third-order valence-corrected chi connectivity index (χ3v) is 14.5. The van der Waals surface area contributed by atoms with Crippen LogP contribution in [0.25, 0.3) is 0 Å². The van der Waals surface area contributed by atoms with E-state index in [9.17, 15) is 39.6 Å². The number of esters is 1. The first-order valence-electron chi connectivity index (χ1n) is 22.6. The smallest absolute Gasteiger partial charge is 0.410 e. The van der Waals surface area contributed by atoms with Crippen molar-refractivity contribution in [3.8, 4) is 0 Å². The van der Waals surface area contributed by atoms with Crippen LogP contribution in [0, 0.1) is 111 Å². The molecule has 13 nitrogen and oxygen atoms in total. The average Bonchev–Trinajstić information content (AvgIpc) is 3.18. The Morgan fingerprint density at radius 2 is 1.53 bits per heavy atom.